The number of aliphatic imine (C=N–C) groups is 1. The summed E-state index contributed by atoms with van der Waals surface area (Å²) in [6.45, 7) is -0.838. The quantitative estimate of drug-likeness (QED) is 0.453. The van der Waals surface area contributed by atoms with Gasteiger partial charge in [-0.1, -0.05) is 0 Å². The number of nitrogens with two attached hydrogens (primary N) is 1. The van der Waals surface area contributed by atoms with E-state index in [4.69, 9.17) is 15.6 Å². The van der Waals surface area contributed by atoms with E-state index in [1.165, 1.54) is 0 Å². The molecule has 1 unspecified atom stereocenters. The van der Waals surface area contributed by atoms with Crippen LogP contribution in [0.4, 0.5) is 8.78 Å². The normalized spacial score (nSPS) is 22.4. The maximum Gasteiger partial charge on any atom is 0.289 e. The average Bonchev–Trinajstić information content (AvgIpc) is 2.76. The third-order valence-corrected chi connectivity index (χ3v) is 2.25. The first-order chi connectivity index (χ1) is 7.53. The van der Waals surface area contributed by atoms with Crippen LogP contribution in [0.3, 0.4) is 0 Å². The van der Waals surface area contributed by atoms with E-state index in [0.717, 1.165) is 19.4 Å². The Labute approximate surface area is 92.7 Å². The van der Waals surface area contributed by atoms with Crippen molar-refractivity contribution < 1.29 is 18.6 Å². The molecule has 16 heavy (non-hydrogen) atoms. The number of ether oxygens (including phenoxy) is 1. The zero-order valence-electron chi connectivity index (χ0n) is 8.96. The number of hydrogen-bond acceptors (Lipinski definition) is 3. The summed E-state index contributed by atoms with van der Waals surface area (Å²) in [4.78, 5) is 3.45. The summed E-state index contributed by atoms with van der Waals surface area (Å²) in [6.07, 6.45) is 2.02. The first-order valence-electron chi connectivity index (χ1n) is 5.17. The molecule has 0 bridgehead atoms. The highest BCUT2D eigenvalue weighted by Crippen LogP contribution is 2.12. The molecular weight excluding hydrogens is 220 g/mol. The van der Waals surface area contributed by atoms with Gasteiger partial charge in [-0.05, 0) is 12.8 Å². The van der Waals surface area contributed by atoms with Crippen molar-refractivity contribution >= 4 is 5.96 Å². The molecule has 0 spiro atoms. The lowest BCUT2D eigenvalue weighted by Crippen LogP contribution is -2.38. The summed E-state index contributed by atoms with van der Waals surface area (Å²) in [7, 11) is 0. The van der Waals surface area contributed by atoms with Gasteiger partial charge in [-0.3, -0.25) is 0 Å². The lowest BCUT2D eigenvalue weighted by molar-refractivity contribution is -0.0404. The van der Waals surface area contributed by atoms with Crippen molar-refractivity contribution in [2.24, 2.45) is 10.7 Å². The molecular formula is C9H17F2N3O2. The molecule has 0 aromatic rings. The predicted octanol–water partition coefficient (Wildman–Crippen LogP) is -0.303. The van der Waals surface area contributed by atoms with E-state index in [9.17, 15) is 8.78 Å². The number of alkyl halides is 2. The number of guanidine groups is 1. The molecule has 1 saturated heterocycles. The van der Waals surface area contributed by atoms with Gasteiger partial charge >= 0.3 is 0 Å². The summed E-state index contributed by atoms with van der Waals surface area (Å²) in [5, 5.41) is 11.0. The van der Waals surface area contributed by atoms with Crippen molar-refractivity contribution in [3.63, 3.8) is 0 Å². The zero-order valence-corrected chi connectivity index (χ0v) is 8.96. The van der Waals surface area contributed by atoms with Crippen molar-refractivity contribution in [2.45, 2.75) is 24.9 Å². The van der Waals surface area contributed by atoms with Crippen molar-refractivity contribution in [1.29, 1.82) is 0 Å². The number of hydrogen-bond donors (Lipinski definition) is 3. The van der Waals surface area contributed by atoms with Crippen LogP contribution in [0.25, 0.3) is 0 Å². The zero-order chi connectivity index (χ0) is 12.0. The van der Waals surface area contributed by atoms with Gasteiger partial charge in [-0.15, -0.1) is 0 Å². The lowest BCUT2D eigenvalue weighted by Gasteiger charge is -2.13. The van der Waals surface area contributed by atoms with Crippen LogP contribution in [-0.2, 0) is 4.74 Å². The van der Waals surface area contributed by atoms with Gasteiger partial charge in [-0.2, -0.15) is 0 Å². The van der Waals surface area contributed by atoms with E-state index in [0.29, 0.717) is 6.54 Å². The van der Waals surface area contributed by atoms with Crippen LogP contribution in [0.2, 0.25) is 0 Å². The fourth-order valence-electron chi connectivity index (χ4n) is 1.33. The fraction of sp³-hybridized carbons (Fsp3) is 0.889. The van der Waals surface area contributed by atoms with E-state index in [1.807, 2.05) is 0 Å². The van der Waals surface area contributed by atoms with Crippen LogP contribution in [-0.4, -0.2) is 49.4 Å². The summed E-state index contributed by atoms with van der Waals surface area (Å²) in [5.74, 6) is -3.26. The molecule has 0 radical (unpaired) electrons. The Bertz CT molecular complexity index is 243. The minimum atomic E-state index is -3.21. The second-order valence-corrected chi connectivity index (χ2v) is 3.73. The Hall–Kier alpha value is -0.950. The second kappa shape index (κ2) is 5.95. The largest absolute Gasteiger partial charge is 0.390 e. The first-order valence-corrected chi connectivity index (χ1v) is 5.17. The third-order valence-electron chi connectivity index (χ3n) is 2.25. The van der Waals surface area contributed by atoms with E-state index in [-0.39, 0.29) is 12.1 Å². The maximum atomic E-state index is 12.6. The van der Waals surface area contributed by atoms with Crippen LogP contribution >= 0.6 is 0 Å². The van der Waals surface area contributed by atoms with Gasteiger partial charge in [0.25, 0.3) is 5.92 Å². The summed E-state index contributed by atoms with van der Waals surface area (Å²) < 4.78 is 30.5. The molecule has 0 aliphatic carbocycles. The van der Waals surface area contributed by atoms with E-state index >= 15 is 0 Å². The number of nitrogens with one attached hydrogen (secondary N) is 1. The smallest absolute Gasteiger partial charge is 0.289 e. The van der Waals surface area contributed by atoms with Gasteiger partial charge < -0.3 is 20.9 Å². The molecule has 0 saturated carbocycles. The molecule has 1 rings (SSSR count). The minimum absolute atomic E-state index is 0.0522. The number of nitrogens with zero attached hydrogens (tertiary/aromatic N) is 1. The van der Waals surface area contributed by atoms with E-state index in [2.05, 4.69) is 10.3 Å². The highest BCUT2D eigenvalue weighted by atomic mass is 19.3. The lowest BCUT2D eigenvalue weighted by atomic mass is 10.2. The van der Waals surface area contributed by atoms with Crippen molar-refractivity contribution in [2.75, 3.05) is 26.3 Å². The van der Waals surface area contributed by atoms with Gasteiger partial charge in [-0.25, -0.2) is 13.8 Å². The molecule has 1 aliphatic rings. The van der Waals surface area contributed by atoms with Gasteiger partial charge in [0, 0.05) is 13.2 Å². The molecule has 1 atom stereocenters. The highest BCUT2D eigenvalue weighted by Gasteiger charge is 2.27. The van der Waals surface area contributed by atoms with Crippen LogP contribution in [0.15, 0.2) is 4.99 Å². The van der Waals surface area contributed by atoms with Gasteiger partial charge in [0.2, 0.25) is 0 Å². The van der Waals surface area contributed by atoms with Crippen molar-refractivity contribution in [3.8, 4) is 0 Å². The van der Waals surface area contributed by atoms with Gasteiger partial charge in [0.15, 0.2) is 5.96 Å². The second-order valence-electron chi connectivity index (χ2n) is 3.73. The maximum absolute atomic E-state index is 12.6. The highest BCUT2D eigenvalue weighted by molar-refractivity contribution is 5.77. The molecule has 0 aromatic carbocycles. The SMILES string of the molecule is NC(=NCC(F)(F)CO)NCC1CCCO1. The Morgan fingerprint density at radius 3 is 2.94 bits per heavy atom. The third kappa shape index (κ3) is 4.71. The van der Waals surface area contributed by atoms with E-state index < -0.39 is 19.1 Å². The number of rotatable bonds is 5. The van der Waals surface area contributed by atoms with Crippen LogP contribution in [0, 0.1) is 0 Å². The van der Waals surface area contributed by atoms with Crippen LogP contribution in [0.5, 0.6) is 0 Å². The molecule has 1 aliphatic heterocycles. The molecule has 5 nitrogen and oxygen atoms in total. The first kappa shape index (κ1) is 13.1. The Balaban J connectivity index is 2.22. The molecule has 0 amide bonds. The Morgan fingerprint density at radius 1 is 1.62 bits per heavy atom. The minimum Gasteiger partial charge on any atom is -0.390 e. The summed E-state index contributed by atoms with van der Waals surface area (Å²) in [6, 6.07) is 0. The molecule has 0 aromatic heterocycles. The number of aliphatic hydroxyl groups is 1. The Morgan fingerprint density at radius 2 is 2.38 bits per heavy atom. The van der Waals surface area contributed by atoms with Crippen molar-refractivity contribution in [1.82, 2.24) is 5.32 Å². The van der Waals surface area contributed by atoms with E-state index in [1.54, 1.807) is 0 Å². The van der Waals surface area contributed by atoms with Gasteiger partial charge in [0.1, 0.15) is 13.2 Å². The Kier molecular flexibility index (Phi) is 4.88. The average molecular weight is 237 g/mol. The monoisotopic (exact) mass is 237 g/mol. The fourth-order valence-corrected chi connectivity index (χ4v) is 1.33. The van der Waals surface area contributed by atoms with Gasteiger partial charge in [0.05, 0.1) is 6.10 Å². The summed E-state index contributed by atoms with van der Waals surface area (Å²) in [5.41, 5.74) is 5.38. The number of halogens is 2. The topological polar surface area (TPSA) is 79.9 Å². The van der Waals surface area contributed by atoms with Crippen LogP contribution in [0.1, 0.15) is 12.8 Å². The van der Waals surface area contributed by atoms with Crippen molar-refractivity contribution in [3.05, 3.63) is 0 Å². The molecule has 4 N–H and O–H groups in total. The molecule has 94 valence electrons. The predicted molar refractivity (Wildman–Crippen MR) is 55.5 cm³/mol. The molecule has 1 fully saturated rings. The molecule has 7 heteroatoms. The molecule has 1 heterocycles. The summed E-state index contributed by atoms with van der Waals surface area (Å²) >= 11 is 0. The standard InChI is InChI=1S/C9H17F2N3O2/c10-9(11,6-15)5-14-8(12)13-4-7-2-1-3-16-7/h7,15H,1-6H2,(H3,12,13,14). The van der Waals surface area contributed by atoms with Crippen LogP contribution < -0.4 is 11.1 Å². The number of aliphatic hydroxyl groups excluding tert-OH is 1.